The van der Waals surface area contributed by atoms with Gasteiger partial charge in [0.05, 0.1) is 4.83 Å². The van der Waals surface area contributed by atoms with Gasteiger partial charge >= 0.3 is 0 Å². The fraction of sp³-hybridized carbons (Fsp3) is 0.474. The highest BCUT2D eigenvalue weighted by atomic mass is 79.9. The standard InChI is InChI=1S/C19H25BrS/c1-6-14-9-10-21-19(14)18(20)16-8-7-15(12(2)3)11-17(16)13(4)5/h7-13,18H,6H2,1-5H3. The summed E-state index contributed by atoms with van der Waals surface area (Å²) >= 11 is 5.82. The Morgan fingerprint density at radius 3 is 2.29 bits per heavy atom. The van der Waals surface area contributed by atoms with Crippen molar-refractivity contribution >= 4 is 27.3 Å². The Bertz CT molecular complexity index is 595. The Labute approximate surface area is 141 Å². The highest BCUT2D eigenvalue weighted by Crippen LogP contribution is 2.40. The normalized spacial score (nSPS) is 13.1. The lowest BCUT2D eigenvalue weighted by atomic mass is 9.89. The van der Waals surface area contributed by atoms with Crippen LogP contribution in [0.5, 0.6) is 0 Å². The molecule has 0 saturated heterocycles. The maximum absolute atomic E-state index is 3.96. The number of halogens is 1. The molecule has 1 heterocycles. The van der Waals surface area contributed by atoms with Crippen LogP contribution in [0.25, 0.3) is 0 Å². The summed E-state index contributed by atoms with van der Waals surface area (Å²) in [4.78, 5) is 1.77. The number of benzene rings is 1. The molecule has 0 spiro atoms. The van der Waals surface area contributed by atoms with E-state index in [0.29, 0.717) is 16.7 Å². The Kier molecular flexibility index (Phi) is 5.67. The summed E-state index contributed by atoms with van der Waals surface area (Å²) in [6.45, 7) is 11.3. The molecule has 2 heteroatoms. The number of alkyl halides is 1. The summed E-state index contributed by atoms with van der Waals surface area (Å²) in [5.74, 6) is 1.13. The second-order valence-electron chi connectivity index (χ2n) is 6.22. The van der Waals surface area contributed by atoms with Crippen molar-refractivity contribution in [2.75, 3.05) is 0 Å². The summed E-state index contributed by atoms with van der Waals surface area (Å²) in [5, 5.41) is 2.21. The first-order chi connectivity index (χ1) is 9.95. The van der Waals surface area contributed by atoms with E-state index in [0.717, 1.165) is 6.42 Å². The van der Waals surface area contributed by atoms with E-state index in [1.165, 1.54) is 27.1 Å². The third kappa shape index (κ3) is 3.60. The van der Waals surface area contributed by atoms with Crippen LogP contribution in [0.3, 0.4) is 0 Å². The molecule has 0 fully saturated rings. The van der Waals surface area contributed by atoms with E-state index >= 15 is 0 Å². The number of aryl methyl sites for hydroxylation is 1. The highest BCUT2D eigenvalue weighted by molar-refractivity contribution is 9.09. The second kappa shape index (κ2) is 7.11. The number of hydrogen-bond donors (Lipinski definition) is 0. The van der Waals surface area contributed by atoms with E-state index in [4.69, 9.17) is 0 Å². The lowest BCUT2D eigenvalue weighted by Crippen LogP contribution is -2.03. The molecule has 0 saturated carbocycles. The van der Waals surface area contributed by atoms with Gasteiger partial charge in [0, 0.05) is 4.88 Å². The van der Waals surface area contributed by atoms with Gasteiger partial charge in [0.15, 0.2) is 0 Å². The third-order valence-electron chi connectivity index (χ3n) is 4.06. The van der Waals surface area contributed by atoms with Crippen molar-refractivity contribution in [2.24, 2.45) is 0 Å². The average Bonchev–Trinajstić information content (AvgIpc) is 2.94. The summed E-state index contributed by atoms with van der Waals surface area (Å²) < 4.78 is 0. The molecule has 0 N–H and O–H groups in total. The average molecular weight is 365 g/mol. The first-order valence-electron chi connectivity index (χ1n) is 7.79. The number of thiophene rings is 1. The van der Waals surface area contributed by atoms with Crippen LogP contribution in [0.15, 0.2) is 29.6 Å². The molecule has 1 aromatic heterocycles. The van der Waals surface area contributed by atoms with Crippen LogP contribution in [0.4, 0.5) is 0 Å². The molecule has 0 amide bonds. The fourth-order valence-corrected chi connectivity index (χ4v) is 4.71. The van der Waals surface area contributed by atoms with Crippen LogP contribution in [-0.4, -0.2) is 0 Å². The van der Waals surface area contributed by atoms with Gasteiger partial charge in [-0.2, -0.15) is 0 Å². The van der Waals surface area contributed by atoms with Crippen molar-refractivity contribution in [1.82, 2.24) is 0 Å². The zero-order valence-electron chi connectivity index (χ0n) is 13.6. The summed E-state index contributed by atoms with van der Waals surface area (Å²) in [6, 6.07) is 9.27. The molecule has 114 valence electrons. The van der Waals surface area contributed by atoms with Gasteiger partial charge in [-0.15, -0.1) is 11.3 Å². The van der Waals surface area contributed by atoms with Crippen LogP contribution < -0.4 is 0 Å². The number of hydrogen-bond acceptors (Lipinski definition) is 1. The Morgan fingerprint density at radius 1 is 1.00 bits per heavy atom. The SMILES string of the molecule is CCc1ccsc1C(Br)c1ccc(C(C)C)cc1C(C)C. The Hall–Kier alpha value is -0.600. The Morgan fingerprint density at radius 2 is 1.71 bits per heavy atom. The quantitative estimate of drug-likeness (QED) is 0.498. The number of rotatable bonds is 5. The second-order valence-corrected chi connectivity index (χ2v) is 8.09. The van der Waals surface area contributed by atoms with Crippen molar-refractivity contribution < 1.29 is 0 Å². The Balaban J connectivity index is 2.47. The minimum absolute atomic E-state index is 0.311. The fourth-order valence-electron chi connectivity index (χ4n) is 2.69. The molecule has 1 unspecified atom stereocenters. The van der Waals surface area contributed by atoms with Crippen LogP contribution in [0.1, 0.15) is 78.4 Å². The van der Waals surface area contributed by atoms with Gasteiger partial charge in [0.1, 0.15) is 0 Å². The summed E-state index contributed by atoms with van der Waals surface area (Å²) in [7, 11) is 0. The van der Waals surface area contributed by atoms with Crippen LogP contribution >= 0.6 is 27.3 Å². The maximum atomic E-state index is 3.96. The van der Waals surface area contributed by atoms with Gasteiger partial charge in [-0.25, -0.2) is 0 Å². The van der Waals surface area contributed by atoms with Crippen molar-refractivity contribution in [1.29, 1.82) is 0 Å². The lowest BCUT2D eigenvalue weighted by molar-refractivity contribution is 0.820. The molecule has 2 aromatic rings. The van der Waals surface area contributed by atoms with Crippen molar-refractivity contribution in [3.63, 3.8) is 0 Å². The van der Waals surface area contributed by atoms with E-state index < -0.39 is 0 Å². The zero-order valence-corrected chi connectivity index (χ0v) is 16.0. The smallest absolute Gasteiger partial charge is 0.0743 e. The summed E-state index contributed by atoms with van der Waals surface area (Å²) in [5.41, 5.74) is 5.79. The van der Waals surface area contributed by atoms with E-state index in [1.54, 1.807) is 0 Å². The lowest BCUT2D eigenvalue weighted by Gasteiger charge is -2.20. The first kappa shape index (κ1) is 16.8. The molecule has 0 nitrogen and oxygen atoms in total. The van der Waals surface area contributed by atoms with Gasteiger partial charge in [-0.05, 0) is 52.0 Å². The molecule has 0 aliphatic carbocycles. The molecule has 1 aromatic carbocycles. The molecule has 21 heavy (non-hydrogen) atoms. The molecule has 1 atom stereocenters. The molecule has 0 radical (unpaired) electrons. The largest absolute Gasteiger partial charge is 0.147 e. The monoisotopic (exact) mass is 364 g/mol. The van der Waals surface area contributed by atoms with Crippen LogP contribution in [-0.2, 0) is 6.42 Å². The van der Waals surface area contributed by atoms with Gasteiger partial charge in [-0.1, -0.05) is 68.7 Å². The molecule has 0 aliphatic heterocycles. The molecule has 2 rings (SSSR count). The van der Waals surface area contributed by atoms with Gasteiger partial charge in [0.2, 0.25) is 0 Å². The van der Waals surface area contributed by atoms with Gasteiger partial charge in [-0.3, -0.25) is 0 Å². The van der Waals surface area contributed by atoms with E-state index in [2.05, 4.69) is 80.2 Å². The van der Waals surface area contributed by atoms with Crippen molar-refractivity contribution in [2.45, 2.75) is 57.7 Å². The molecular formula is C19H25BrS. The highest BCUT2D eigenvalue weighted by Gasteiger charge is 2.20. The van der Waals surface area contributed by atoms with Crippen LogP contribution in [0, 0.1) is 0 Å². The molecule has 0 bridgehead atoms. The topological polar surface area (TPSA) is 0 Å². The summed E-state index contributed by atoms with van der Waals surface area (Å²) in [6.07, 6.45) is 1.10. The third-order valence-corrected chi connectivity index (χ3v) is 6.34. The van der Waals surface area contributed by atoms with Gasteiger partial charge in [0.25, 0.3) is 0 Å². The molecule has 0 aliphatic rings. The molecular weight excluding hydrogens is 340 g/mol. The van der Waals surface area contributed by atoms with E-state index in [1.807, 2.05) is 11.3 Å². The van der Waals surface area contributed by atoms with E-state index in [-0.39, 0.29) is 0 Å². The maximum Gasteiger partial charge on any atom is 0.0743 e. The predicted octanol–water partition coefficient (Wildman–Crippen LogP) is 7.04. The zero-order chi connectivity index (χ0) is 15.6. The van der Waals surface area contributed by atoms with Crippen molar-refractivity contribution in [3.8, 4) is 0 Å². The van der Waals surface area contributed by atoms with Gasteiger partial charge < -0.3 is 0 Å². The first-order valence-corrected chi connectivity index (χ1v) is 9.59. The van der Waals surface area contributed by atoms with E-state index in [9.17, 15) is 0 Å². The predicted molar refractivity (Wildman–Crippen MR) is 99.1 cm³/mol. The minimum atomic E-state index is 0.311. The minimum Gasteiger partial charge on any atom is -0.147 e. The van der Waals surface area contributed by atoms with Crippen molar-refractivity contribution in [3.05, 3.63) is 56.8 Å². The van der Waals surface area contributed by atoms with Crippen LogP contribution in [0.2, 0.25) is 0 Å².